The number of aryl methyl sites for hydroxylation is 2. The van der Waals surface area contributed by atoms with E-state index in [1.165, 1.54) is 0 Å². The summed E-state index contributed by atoms with van der Waals surface area (Å²) in [4.78, 5) is 22.7. The Morgan fingerprint density at radius 1 is 1.47 bits per heavy atom. The van der Waals surface area contributed by atoms with E-state index in [9.17, 15) is 9.59 Å². The lowest BCUT2D eigenvalue weighted by atomic mass is 10.1. The zero-order valence-corrected chi connectivity index (χ0v) is 11.2. The summed E-state index contributed by atoms with van der Waals surface area (Å²) < 4.78 is 1.66. The van der Waals surface area contributed by atoms with Crippen molar-refractivity contribution in [3.8, 4) is 0 Å². The minimum Gasteiger partial charge on any atom is -0.481 e. The Balaban J connectivity index is 1.85. The summed E-state index contributed by atoms with van der Waals surface area (Å²) in [5.74, 6) is -1.20. The van der Waals surface area contributed by atoms with Gasteiger partial charge >= 0.3 is 5.97 Å². The van der Waals surface area contributed by atoms with E-state index in [1.807, 2.05) is 19.9 Å². The minimum absolute atomic E-state index is 0.0226. The summed E-state index contributed by atoms with van der Waals surface area (Å²) in [5, 5.41) is 16.0. The van der Waals surface area contributed by atoms with E-state index in [2.05, 4.69) is 10.4 Å². The first kappa shape index (κ1) is 13.6. The monoisotopic (exact) mass is 265 g/mol. The average Bonchev–Trinajstić information content (AvgIpc) is 2.87. The number of carbonyl (C=O) groups is 2. The van der Waals surface area contributed by atoms with Crippen LogP contribution >= 0.6 is 0 Å². The fraction of sp³-hybridized carbons (Fsp3) is 0.615. The molecule has 1 saturated carbocycles. The number of carboxylic acid groups (broad SMARTS) is 1. The number of carbonyl (C=O) groups excluding carboxylic acids is 1. The molecule has 1 aromatic rings. The molecular formula is C13H19N3O3. The van der Waals surface area contributed by atoms with E-state index in [0.717, 1.165) is 17.8 Å². The van der Waals surface area contributed by atoms with E-state index in [1.54, 1.807) is 4.68 Å². The number of nitrogens with one attached hydrogen (secondary N) is 1. The van der Waals surface area contributed by atoms with Crippen LogP contribution in [0.4, 0.5) is 0 Å². The molecule has 0 radical (unpaired) electrons. The van der Waals surface area contributed by atoms with Gasteiger partial charge in [0.1, 0.15) is 6.54 Å². The van der Waals surface area contributed by atoms with Gasteiger partial charge in [-0.2, -0.15) is 5.10 Å². The Bertz CT molecular complexity index is 495. The number of hydrogen-bond donors (Lipinski definition) is 2. The second kappa shape index (κ2) is 5.42. The van der Waals surface area contributed by atoms with E-state index >= 15 is 0 Å². The highest BCUT2D eigenvalue weighted by Gasteiger charge is 2.30. The van der Waals surface area contributed by atoms with Gasteiger partial charge < -0.3 is 10.4 Å². The smallest absolute Gasteiger partial charge is 0.306 e. The fourth-order valence-electron chi connectivity index (χ4n) is 2.58. The van der Waals surface area contributed by atoms with Gasteiger partial charge in [-0.25, -0.2) is 0 Å². The first-order valence-corrected chi connectivity index (χ1v) is 6.49. The molecule has 1 aliphatic carbocycles. The molecule has 6 nitrogen and oxygen atoms in total. The normalized spacial score (nSPS) is 22.4. The van der Waals surface area contributed by atoms with Crippen LogP contribution in [-0.2, 0) is 16.1 Å². The number of carboxylic acids is 1. The molecule has 1 aromatic heterocycles. The number of rotatable bonds is 4. The van der Waals surface area contributed by atoms with Crippen molar-refractivity contribution in [1.29, 1.82) is 0 Å². The van der Waals surface area contributed by atoms with Crippen molar-refractivity contribution in [3.05, 3.63) is 17.5 Å². The Kier molecular flexibility index (Phi) is 3.87. The van der Waals surface area contributed by atoms with Crippen LogP contribution < -0.4 is 5.32 Å². The van der Waals surface area contributed by atoms with Crippen molar-refractivity contribution in [2.45, 2.75) is 45.7 Å². The van der Waals surface area contributed by atoms with Crippen LogP contribution in [-0.4, -0.2) is 32.8 Å². The number of aliphatic carboxylic acids is 1. The molecule has 0 bridgehead atoms. The predicted molar refractivity (Wildman–Crippen MR) is 68.6 cm³/mol. The van der Waals surface area contributed by atoms with Crippen molar-refractivity contribution in [3.63, 3.8) is 0 Å². The van der Waals surface area contributed by atoms with Crippen molar-refractivity contribution < 1.29 is 14.7 Å². The third-order valence-corrected chi connectivity index (χ3v) is 3.54. The van der Waals surface area contributed by atoms with Crippen molar-refractivity contribution >= 4 is 11.9 Å². The number of amides is 1. The molecule has 2 atom stereocenters. The molecule has 0 aromatic carbocycles. The SMILES string of the molecule is Cc1cc(C)n(CC(=O)NC2CCC(C(=O)O)C2)n1. The van der Waals surface area contributed by atoms with Crippen LogP contribution in [0.3, 0.4) is 0 Å². The van der Waals surface area contributed by atoms with Gasteiger partial charge in [0.25, 0.3) is 0 Å². The van der Waals surface area contributed by atoms with Gasteiger partial charge in [-0.15, -0.1) is 0 Å². The molecule has 0 saturated heterocycles. The lowest BCUT2D eigenvalue weighted by molar-refractivity contribution is -0.141. The largest absolute Gasteiger partial charge is 0.481 e. The maximum Gasteiger partial charge on any atom is 0.306 e. The molecule has 2 N–H and O–H groups in total. The van der Waals surface area contributed by atoms with Crippen molar-refractivity contribution in [2.75, 3.05) is 0 Å². The van der Waals surface area contributed by atoms with Gasteiger partial charge in [0.2, 0.25) is 5.91 Å². The zero-order chi connectivity index (χ0) is 14.0. The molecule has 2 unspecified atom stereocenters. The van der Waals surface area contributed by atoms with Crippen LogP contribution in [0.25, 0.3) is 0 Å². The molecule has 1 amide bonds. The van der Waals surface area contributed by atoms with E-state index in [4.69, 9.17) is 5.11 Å². The number of nitrogens with zero attached hydrogens (tertiary/aromatic N) is 2. The number of aromatic nitrogens is 2. The lowest BCUT2D eigenvalue weighted by Crippen LogP contribution is -2.36. The first-order valence-electron chi connectivity index (χ1n) is 6.49. The highest BCUT2D eigenvalue weighted by Crippen LogP contribution is 2.25. The minimum atomic E-state index is -0.768. The van der Waals surface area contributed by atoms with E-state index in [-0.39, 0.29) is 24.4 Å². The van der Waals surface area contributed by atoms with Gasteiger partial charge in [0, 0.05) is 11.7 Å². The molecule has 0 aliphatic heterocycles. The summed E-state index contributed by atoms with van der Waals surface area (Å²) >= 11 is 0. The topological polar surface area (TPSA) is 84.2 Å². The number of hydrogen-bond acceptors (Lipinski definition) is 3. The summed E-state index contributed by atoms with van der Waals surface area (Å²) in [6, 6.07) is 1.90. The van der Waals surface area contributed by atoms with Crippen LogP contribution in [0.2, 0.25) is 0 Å². The highest BCUT2D eigenvalue weighted by atomic mass is 16.4. The summed E-state index contributed by atoms with van der Waals surface area (Å²) in [6.07, 6.45) is 1.90. The standard InChI is InChI=1S/C13H19N3O3/c1-8-5-9(2)16(15-8)7-12(17)14-11-4-3-10(6-11)13(18)19/h5,10-11H,3-4,6-7H2,1-2H3,(H,14,17)(H,18,19). The summed E-state index contributed by atoms with van der Waals surface area (Å²) in [6.45, 7) is 3.98. The highest BCUT2D eigenvalue weighted by molar-refractivity contribution is 5.76. The van der Waals surface area contributed by atoms with Gasteiger partial charge in [0.05, 0.1) is 11.6 Å². The second-order valence-corrected chi connectivity index (χ2v) is 5.20. The molecule has 1 fully saturated rings. The third-order valence-electron chi connectivity index (χ3n) is 3.54. The van der Waals surface area contributed by atoms with Crippen LogP contribution in [0, 0.1) is 19.8 Å². The van der Waals surface area contributed by atoms with Crippen molar-refractivity contribution in [2.24, 2.45) is 5.92 Å². The molecule has 0 spiro atoms. The summed E-state index contributed by atoms with van der Waals surface area (Å²) in [5.41, 5.74) is 1.83. The van der Waals surface area contributed by atoms with Gasteiger partial charge in [-0.3, -0.25) is 14.3 Å². The fourth-order valence-corrected chi connectivity index (χ4v) is 2.58. The quantitative estimate of drug-likeness (QED) is 0.846. The second-order valence-electron chi connectivity index (χ2n) is 5.20. The van der Waals surface area contributed by atoms with Gasteiger partial charge in [-0.05, 0) is 39.2 Å². The third kappa shape index (κ3) is 3.33. The zero-order valence-electron chi connectivity index (χ0n) is 11.2. The predicted octanol–water partition coefficient (Wildman–Crippen LogP) is 0.869. The molecule has 2 rings (SSSR count). The Hall–Kier alpha value is -1.85. The molecule has 1 heterocycles. The molecule has 104 valence electrons. The first-order chi connectivity index (χ1) is 8.95. The lowest BCUT2D eigenvalue weighted by Gasteiger charge is -2.13. The van der Waals surface area contributed by atoms with Gasteiger partial charge in [0.15, 0.2) is 0 Å². The summed E-state index contributed by atoms with van der Waals surface area (Å²) in [7, 11) is 0. The molecular weight excluding hydrogens is 246 g/mol. The maximum absolute atomic E-state index is 11.9. The van der Waals surface area contributed by atoms with Crippen LogP contribution in [0.15, 0.2) is 6.07 Å². The molecule has 1 aliphatic rings. The Labute approximate surface area is 111 Å². The van der Waals surface area contributed by atoms with E-state index < -0.39 is 5.97 Å². The Morgan fingerprint density at radius 3 is 2.74 bits per heavy atom. The Morgan fingerprint density at radius 2 is 2.21 bits per heavy atom. The van der Waals surface area contributed by atoms with E-state index in [0.29, 0.717) is 12.8 Å². The van der Waals surface area contributed by atoms with Crippen LogP contribution in [0.5, 0.6) is 0 Å². The maximum atomic E-state index is 11.9. The molecule has 6 heteroatoms. The van der Waals surface area contributed by atoms with Crippen molar-refractivity contribution in [1.82, 2.24) is 15.1 Å². The van der Waals surface area contributed by atoms with Crippen LogP contribution in [0.1, 0.15) is 30.7 Å². The average molecular weight is 265 g/mol. The molecule has 19 heavy (non-hydrogen) atoms. The van der Waals surface area contributed by atoms with Gasteiger partial charge in [-0.1, -0.05) is 0 Å².